The molecule has 0 aromatic carbocycles. The van der Waals surface area contributed by atoms with Crippen LogP contribution in [0.2, 0.25) is 0 Å². The van der Waals surface area contributed by atoms with Gasteiger partial charge in [-0.1, -0.05) is 20.3 Å². The van der Waals surface area contributed by atoms with Crippen LogP contribution >= 0.6 is 0 Å². The molecule has 0 bridgehead atoms. The summed E-state index contributed by atoms with van der Waals surface area (Å²) >= 11 is 0. The minimum absolute atomic E-state index is 0.249. The van der Waals surface area contributed by atoms with Crippen LogP contribution in [0.5, 0.6) is 0 Å². The lowest BCUT2D eigenvalue weighted by atomic mass is 9.61. The van der Waals surface area contributed by atoms with Crippen molar-refractivity contribution in [3.8, 4) is 0 Å². The Balaban J connectivity index is 2.05. The van der Waals surface area contributed by atoms with Crippen molar-refractivity contribution in [2.45, 2.75) is 52.4 Å². The maximum Gasteiger partial charge on any atom is 0.220 e. The largest absolute Gasteiger partial charge is 0.356 e. The van der Waals surface area contributed by atoms with Crippen molar-refractivity contribution >= 4 is 5.91 Å². The van der Waals surface area contributed by atoms with Gasteiger partial charge >= 0.3 is 0 Å². The molecular weight excluding hydrogens is 174 g/mol. The molecule has 0 aromatic heterocycles. The van der Waals surface area contributed by atoms with Crippen LogP contribution in [0.4, 0.5) is 0 Å². The van der Waals surface area contributed by atoms with Crippen molar-refractivity contribution in [3.63, 3.8) is 0 Å². The summed E-state index contributed by atoms with van der Waals surface area (Å²) in [6.45, 7) is 5.66. The van der Waals surface area contributed by atoms with Gasteiger partial charge in [-0.05, 0) is 36.5 Å². The third-order valence-corrected chi connectivity index (χ3v) is 3.96. The second kappa shape index (κ2) is 3.25. The van der Waals surface area contributed by atoms with E-state index in [0.29, 0.717) is 10.8 Å². The summed E-state index contributed by atoms with van der Waals surface area (Å²) in [5, 5.41) is 3.04. The number of carbonyl (C=O) groups excluding carboxylic acids is 1. The van der Waals surface area contributed by atoms with E-state index in [1.165, 1.54) is 25.7 Å². The topological polar surface area (TPSA) is 29.1 Å². The molecule has 2 aliphatic rings. The quantitative estimate of drug-likeness (QED) is 0.632. The summed E-state index contributed by atoms with van der Waals surface area (Å²) in [7, 11) is 0. The molecule has 2 nitrogen and oxygen atoms in total. The van der Waals surface area contributed by atoms with Crippen molar-refractivity contribution in [2.75, 3.05) is 6.54 Å². The number of rotatable bonds is 0. The van der Waals surface area contributed by atoms with Crippen LogP contribution < -0.4 is 5.32 Å². The molecule has 2 heteroatoms. The van der Waals surface area contributed by atoms with E-state index in [4.69, 9.17) is 0 Å². The van der Waals surface area contributed by atoms with E-state index in [1.807, 2.05) is 0 Å². The Morgan fingerprint density at radius 1 is 1.21 bits per heavy atom. The van der Waals surface area contributed by atoms with Gasteiger partial charge < -0.3 is 5.32 Å². The zero-order valence-corrected chi connectivity index (χ0v) is 9.36. The Morgan fingerprint density at radius 2 is 2.00 bits per heavy atom. The molecule has 1 spiro atoms. The molecule has 1 unspecified atom stereocenters. The first-order valence-corrected chi connectivity index (χ1v) is 5.78. The second-order valence-corrected chi connectivity index (χ2v) is 5.97. The van der Waals surface area contributed by atoms with Gasteiger partial charge in [0.1, 0.15) is 0 Å². The van der Waals surface area contributed by atoms with Gasteiger partial charge in [-0.3, -0.25) is 4.79 Å². The Kier molecular flexibility index (Phi) is 2.32. The molecule has 2 rings (SSSR count). The van der Waals surface area contributed by atoms with Crippen molar-refractivity contribution in [3.05, 3.63) is 0 Å². The van der Waals surface area contributed by atoms with E-state index in [-0.39, 0.29) is 5.91 Å². The molecule has 80 valence electrons. The van der Waals surface area contributed by atoms with Crippen LogP contribution in [0.1, 0.15) is 52.4 Å². The number of carbonyl (C=O) groups is 1. The number of hydrogen-bond acceptors (Lipinski definition) is 1. The average molecular weight is 195 g/mol. The number of nitrogens with one attached hydrogen (secondary N) is 1. The van der Waals surface area contributed by atoms with Crippen LogP contribution in [-0.2, 0) is 4.79 Å². The third-order valence-electron chi connectivity index (χ3n) is 3.96. The Bertz CT molecular complexity index is 235. The molecule has 1 saturated carbocycles. The Morgan fingerprint density at radius 3 is 2.57 bits per heavy atom. The lowest BCUT2D eigenvalue weighted by molar-refractivity contribution is -0.125. The third kappa shape index (κ3) is 1.94. The van der Waals surface area contributed by atoms with Crippen LogP contribution in [0.3, 0.4) is 0 Å². The first-order chi connectivity index (χ1) is 6.52. The molecule has 1 N–H and O–H groups in total. The second-order valence-electron chi connectivity index (χ2n) is 5.97. The van der Waals surface area contributed by atoms with Crippen LogP contribution in [-0.4, -0.2) is 12.5 Å². The monoisotopic (exact) mass is 195 g/mol. The minimum atomic E-state index is 0.249. The van der Waals surface area contributed by atoms with Crippen LogP contribution in [0.15, 0.2) is 0 Å². The number of amides is 1. The molecule has 1 aliphatic carbocycles. The average Bonchev–Trinajstić information content (AvgIpc) is 2.09. The highest BCUT2D eigenvalue weighted by Crippen LogP contribution is 2.49. The van der Waals surface area contributed by atoms with Gasteiger partial charge in [0.25, 0.3) is 0 Å². The SMILES string of the molecule is CC1(C)CCCC2(CCC(=O)NC2)C1. The lowest BCUT2D eigenvalue weighted by Crippen LogP contribution is -2.47. The molecule has 0 aromatic rings. The molecular formula is C12H21NO. The van der Waals surface area contributed by atoms with Gasteiger partial charge in [-0.25, -0.2) is 0 Å². The fourth-order valence-corrected chi connectivity index (χ4v) is 3.34. The first-order valence-electron chi connectivity index (χ1n) is 5.78. The van der Waals surface area contributed by atoms with Gasteiger partial charge in [0.15, 0.2) is 0 Å². The molecule has 1 atom stereocenters. The maximum absolute atomic E-state index is 11.1. The van der Waals surface area contributed by atoms with Gasteiger partial charge in [0.2, 0.25) is 5.91 Å². The zero-order valence-electron chi connectivity index (χ0n) is 9.36. The van der Waals surface area contributed by atoms with E-state index in [9.17, 15) is 4.79 Å². The van der Waals surface area contributed by atoms with E-state index in [0.717, 1.165) is 19.4 Å². The zero-order chi connectivity index (χ0) is 10.2. The lowest BCUT2D eigenvalue weighted by Gasteiger charge is -2.47. The van der Waals surface area contributed by atoms with Crippen LogP contribution in [0, 0.1) is 10.8 Å². The minimum Gasteiger partial charge on any atom is -0.356 e. The maximum atomic E-state index is 11.1. The molecule has 1 saturated heterocycles. The fourth-order valence-electron chi connectivity index (χ4n) is 3.34. The molecule has 2 fully saturated rings. The predicted octanol–water partition coefficient (Wildman–Crippen LogP) is 2.48. The summed E-state index contributed by atoms with van der Waals surface area (Å²) in [6.07, 6.45) is 7.15. The highest BCUT2D eigenvalue weighted by atomic mass is 16.1. The highest BCUT2D eigenvalue weighted by Gasteiger charge is 2.41. The molecule has 1 heterocycles. The first kappa shape index (κ1) is 10.0. The van der Waals surface area contributed by atoms with Crippen molar-refractivity contribution in [1.82, 2.24) is 5.32 Å². The van der Waals surface area contributed by atoms with Crippen LogP contribution in [0.25, 0.3) is 0 Å². The van der Waals surface area contributed by atoms with E-state index in [1.54, 1.807) is 0 Å². The highest BCUT2D eigenvalue weighted by molar-refractivity contribution is 5.76. The summed E-state index contributed by atoms with van der Waals surface area (Å²) in [5.41, 5.74) is 0.927. The van der Waals surface area contributed by atoms with Crippen molar-refractivity contribution in [1.29, 1.82) is 0 Å². The normalized spacial score (nSPS) is 36.9. The van der Waals surface area contributed by atoms with E-state index >= 15 is 0 Å². The Labute approximate surface area is 86.5 Å². The summed E-state index contributed by atoms with van der Waals surface area (Å²) < 4.78 is 0. The fraction of sp³-hybridized carbons (Fsp3) is 0.917. The number of piperidine rings is 1. The van der Waals surface area contributed by atoms with Gasteiger partial charge in [0, 0.05) is 13.0 Å². The summed E-state index contributed by atoms with van der Waals surface area (Å²) in [5.74, 6) is 0.249. The summed E-state index contributed by atoms with van der Waals surface area (Å²) in [6, 6.07) is 0. The molecule has 1 amide bonds. The molecule has 0 radical (unpaired) electrons. The Hall–Kier alpha value is -0.530. The standard InChI is InChI=1S/C12H21NO/c1-11(2)5-3-6-12(8-11)7-4-10(14)13-9-12/h3-9H2,1-2H3,(H,13,14). The molecule has 1 aliphatic heterocycles. The van der Waals surface area contributed by atoms with E-state index in [2.05, 4.69) is 19.2 Å². The summed E-state index contributed by atoms with van der Waals surface area (Å²) in [4.78, 5) is 11.1. The van der Waals surface area contributed by atoms with Crippen molar-refractivity contribution < 1.29 is 4.79 Å². The van der Waals surface area contributed by atoms with Gasteiger partial charge in [-0.2, -0.15) is 0 Å². The van der Waals surface area contributed by atoms with Gasteiger partial charge in [0.05, 0.1) is 0 Å². The molecule has 14 heavy (non-hydrogen) atoms. The predicted molar refractivity (Wildman–Crippen MR) is 56.9 cm³/mol. The number of hydrogen-bond donors (Lipinski definition) is 1. The van der Waals surface area contributed by atoms with Crippen molar-refractivity contribution in [2.24, 2.45) is 10.8 Å². The smallest absolute Gasteiger partial charge is 0.220 e. The van der Waals surface area contributed by atoms with Gasteiger partial charge in [-0.15, -0.1) is 0 Å². The van der Waals surface area contributed by atoms with E-state index < -0.39 is 0 Å².